The summed E-state index contributed by atoms with van der Waals surface area (Å²) in [6.07, 6.45) is 5.24. The summed E-state index contributed by atoms with van der Waals surface area (Å²) in [4.78, 5) is 0. The average Bonchev–Trinajstić information content (AvgIpc) is 2.57. The average molecular weight is 171 g/mol. The van der Waals surface area contributed by atoms with Crippen LogP contribution in [0.3, 0.4) is 0 Å². The summed E-state index contributed by atoms with van der Waals surface area (Å²) < 4.78 is 5.60. The van der Waals surface area contributed by atoms with Crippen LogP contribution in [-0.4, -0.2) is 19.3 Å². The van der Waals surface area contributed by atoms with Crippen molar-refractivity contribution in [3.05, 3.63) is 0 Å². The van der Waals surface area contributed by atoms with Crippen LogP contribution < -0.4 is 5.73 Å². The molecule has 0 aromatic rings. The minimum Gasteiger partial charge on any atom is -0.378 e. The molecular formula is C10H21NO. The molecule has 1 aliphatic rings. The van der Waals surface area contributed by atoms with E-state index in [1.54, 1.807) is 0 Å². The second-order valence-corrected chi connectivity index (χ2v) is 4.21. The van der Waals surface area contributed by atoms with Crippen molar-refractivity contribution in [1.82, 2.24) is 0 Å². The van der Waals surface area contributed by atoms with Gasteiger partial charge >= 0.3 is 0 Å². The number of rotatable bonds is 4. The maximum Gasteiger partial charge on any atom is 0.0581 e. The van der Waals surface area contributed by atoms with Gasteiger partial charge in [0.1, 0.15) is 0 Å². The van der Waals surface area contributed by atoms with Gasteiger partial charge in [-0.25, -0.2) is 0 Å². The first-order chi connectivity index (χ1) is 5.70. The monoisotopic (exact) mass is 171 g/mol. The Morgan fingerprint density at radius 1 is 1.58 bits per heavy atom. The highest BCUT2D eigenvalue weighted by Gasteiger charge is 2.27. The van der Waals surface area contributed by atoms with E-state index in [1.165, 1.54) is 12.8 Å². The fourth-order valence-electron chi connectivity index (χ4n) is 1.73. The third-order valence-corrected chi connectivity index (χ3v) is 3.09. The van der Waals surface area contributed by atoms with E-state index in [9.17, 15) is 0 Å². The molecule has 2 atom stereocenters. The molecule has 2 N–H and O–H groups in total. The van der Waals surface area contributed by atoms with Crippen LogP contribution in [0.4, 0.5) is 0 Å². The van der Waals surface area contributed by atoms with Gasteiger partial charge in [-0.1, -0.05) is 13.8 Å². The molecule has 1 aliphatic heterocycles. The van der Waals surface area contributed by atoms with Crippen LogP contribution in [0.1, 0.15) is 39.5 Å². The Labute approximate surface area is 75.5 Å². The van der Waals surface area contributed by atoms with E-state index < -0.39 is 0 Å². The van der Waals surface area contributed by atoms with Crippen molar-refractivity contribution in [3.63, 3.8) is 0 Å². The Kier molecular flexibility index (Phi) is 3.53. The van der Waals surface area contributed by atoms with E-state index in [4.69, 9.17) is 10.5 Å². The van der Waals surface area contributed by atoms with Crippen molar-refractivity contribution in [2.24, 2.45) is 11.1 Å². The normalized spacial score (nSPS) is 28.8. The van der Waals surface area contributed by atoms with Crippen LogP contribution in [0.25, 0.3) is 0 Å². The van der Waals surface area contributed by atoms with E-state index in [0.29, 0.717) is 11.5 Å². The van der Waals surface area contributed by atoms with Gasteiger partial charge in [-0.15, -0.1) is 0 Å². The molecule has 0 aliphatic carbocycles. The molecular weight excluding hydrogens is 150 g/mol. The van der Waals surface area contributed by atoms with Gasteiger partial charge in [-0.3, -0.25) is 0 Å². The Morgan fingerprint density at radius 2 is 2.33 bits per heavy atom. The highest BCUT2D eigenvalue weighted by atomic mass is 16.5. The van der Waals surface area contributed by atoms with Crippen LogP contribution in [0.2, 0.25) is 0 Å². The molecule has 0 aromatic carbocycles. The van der Waals surface area contributed by atoms with Gasteiger partial charge in [0.05, 0.1) is 6.10 Å². The van der Waals surface area contributed by atoms with E-state index in [2.05, 4.69) is 13.8 Å². The number of hydrogen-bond donors (Lipinski definition) is 1. The lowest BCUT2D eigenvalue weighted by molar-refractivity contribution is 0.0672. The van der Waals surface area contributed by atoms with Crippen molar-refractivity contribution in [2.45, 2.75) is 45.6 Å². The molecule has 1 saturated heterocycles. The van der Waals surface area contributed by atoms with Crippen LogP contribution in [0.15, 0.2) is 0 Å². The molecule has 2 nitrogen and oxygen atoms in total. The summed E-state index contributed by atoms with van der Waals surface area (Å²) in [5.74, 6) is 0. The quantitative estimate of drug-likeness (QED) is 0.701. The highest BCUT2D eigenvalue weighted by molar-refractivity contribution is 4.79. The maximum atomic E-state index is 5.74. The van der Waals surface area contributed by atoms with Gasteiger partial charge in [0, 0.05) is 6.61 Å². The minimum absolute atomic E-state index is 0.301. The zero-order valence-electron chi connectivity index (χ0n) is 8.31. The summed E-state index contributed by atoms with van der Waals surface area (Å²) >= 11 is 0. The van der Waals surface area contributed by atoms with Gasteiger partial charge in [0.15, 0.2) is 0 Å². The predicted molar refractivity (Wildman–Crippen MR) is 51.0 cm³/mol. The number of ether oxygens (including phenoxy) is 1. The smallest absolute Gasteiger partial charge is 0.0581 e. The van der Waals surface area contributed by atoms with Crippen LogP contribution in [-0.2, 0) is 4.74 Å². The van der Waals surface area contributed by atoms with Crippen molar-refractivity contribution >= 4 is 0 Å². The van der Waals surface area contributed by atoms with Gasteiger partial charge < -0.3 is 10.5 Å². The van der Waals surface area contributed by atoms with E-state index in [0.717, 1.165) is 26.0 Å². The summed E-state index contributed by atoms with van der Waals surface area (Å²) in [6, 6.07) is 0. The molecule has 12 heavy (non-hydrogen) atoms. The molecule has 1 fully saturated rings. The first-order valence-corrected chi connectivity index (χ1v) is 5.02. The van der Waals surface area contributed by atoms with Gasteiger partial charge in [0.25, 0.3) is 0 Å². The minimum atomic E-state index is 0.301. The molecule has 1 heterocycles. The van der Waals surface area contributed by atoms with E-state index >= 15 is 0 Å². The third kappa shape index (κ3) is 2.46. The van der Waals surface area contributed by atoms with Crippen LogP contribution >= 0.6 is 0 Å². The predicted octanol–water partition coefficient (Wildman–Crippen LogP) is 1.93. The number of nitrogens with two attached hydrogens (primary N) is 1. The molecule has 1 rings (SSSR count). The van der Waals surface area contributed by atoms with Crippen LogP contribution in [0.5, 0.6) is 0 Å². The molecule has 0 saturated carbocycles. The Hall–Kier alpha value is -0.0800. The summed E-state index contributed by atoms with van der Waals surface area (Å²) in [6.45, 7) is 6.20. The lowest BCUT2D eigenvalue weighted by Gasteiger charge is -2.28. The molecule has 2 heteroatoms. The fourth-order valence-corrected chi connectivity index (χ4v) is 1.73. The lowest BCUT2D eigenvalue weighted by atomic mass is 9.81. The Bertz CT molecular complexity index is 126. The summed E-state index contributed by atoms with van der Waals surface area (Å²) in [5, 5.41) is 0. The fraction of sp³-hybridized carbons (Fsp3) is 1.00. The van der Waals surface area contributed by atoms with E-state index in [1.807, 2.05) is 0 Å². The van der Waals surface area contributed by atoms with Crippen molar-refractivity contribution in [3.8, 4) is 0 Å². The van der Waals surface area contributed by atoms with Gasteiger partial charge in [-0.05, 0) is 37.6 Å². The molecule has 0 spiro atoms. The molecule has 0 aromatic heterocycles. The molecule has 0 radical (unpaired) electrons. The zero-order valence-corrected chi connectivity index (χ0v) is 8.31. The molecule has 0 bridgehead atoms. The summed E-state index contributed by atoms with van der Waals surface area (Å²) in [7, 11) is 0. The first kappa shape index (κ1) is 10.0. The second-order valence-electron chi connectivity index (χ2n) is 4.21. The van der Waals surface area contributed by atoms with Crippen molar-refractivity contribution in [2.75, 3.05) is 13.2 Å². The SMILES string of the molecule is CCC(C)(CN)CC1CCCO1. The Morgan fingerprint density at radius 3 is 2.75 bits per heavy atom. The highest BCUT2D eigenvalue weighted by Crippen LogP contribution is 2.30. The van der Waals surface area contributed by atoms with Gasteiger partial charge in [0.2, 0.25) is 0 Å². The topological polar surface area (TPSA) is 35.2 Å². The van der Waals surface area contributed by atoms with Crippen molar-refractivity contribution in [1.29, 1.82) is 0 Å². The van der Waals surface area contributed by atoms with Crippen molar-refractivity contribution < 1.29 is 4.74 Å². The first-order valence-electron chi connectivity index (χ1n) is 5.02. The molecule has 0 amide bonds. The molecule has 72 valence electrons. The number of hydrogen-bond acceptors (Lipinski definition) is 2. The maximum absolute atomic E-state index is 5.74. The van der Waals surface area contributed by atoms with Gasteiger partial charge in [-0.2, -0.15) is 0 Å². The molecule has 2 unspecified atom stereocenters. The largest absolute Gasteiger partial charge is 0.378 e. The Balaban J connectivity index is 2.35. The zero-order chi connectivity index (χ0) is 9.03. The standard InChI is InChI=1S/C10H21NO/c1-3-10(2,8-11)7-9-5-4-6-12-9/h9H,3-8,11H2,1-2H3. The van der Waals surface area contributed by atoms with Crippen LogP contribution in [0, 0.1) is 5.41 Å². The third-order valence-electron chi connectivity index (χ3n) is 3.09. The van der Waals surface area contributed by atoms with E-state index in [-0.39, 0.29) is 0 Å². The second kappa shape index (κ2) is 4.24. The lowest BCUT2D eigenvalue weighted by Crippen LogP contribution is -2.30. The summed E-state index contributed by atoms with van der Waals surface area (Å²) in [5.41, 5.74) is 6.04.